The van der Waals surface area contributed by atoms with E-state index < -0.39 is 0 Å². The van der Waals surface area contributed by atoms with Crippen molar-refractivity contribution in [3.05, 3.63) is 22.4 Å². The molecule has 1 aromatic heterocycles. The highest BCUT2D eigenvalue weighted by atomic mass is 79.9. The molecule has 0 saturated carbocycles. The molecule has 0 N–H and O–H groups in total. The summed E-state index contributed by atoms with van der Waals surface area (Å²) in [5, 5.41) is 3.06. The summed E-state index contributed by atoms with van der Waals surface area (Å²) in [6.45, 7) is 2.19. The maximum absolute atomic E-state index is 3.20. The van der Waals surface area contributed by atoms with Gasteiger partial charge in [0.1, 0.15) is 0 Å². The van der Waals surface area contributed by atoms with Crippen LogP contribution in [0.5, 0.6) is 0 Å². The number of halogens is 2. The van der Waals surface area contributed by atoms with Crippen molar-refractivity contribution >= 4 is 53.1 Å². The van der Waals surface area contributed by atoms with Crippen molar-refractivity contribution < 1.29 is 0 Å². The van der Waals surface area contributed by atoms with E-state index in [2.05, 4.69) is 44.1 Å². The van der Waals surface area contributed by atoms with E-state index in [-0.39, 0.29) is 16.0 Å². The standard InChI is InChI=1S/C7H9S.2BrH.Mg/c1-2-4-7-5-3-6-8-7;;;/h3,5H,2,4H2,1H3;2*1H;/q;;;+2/p-2. The van der Waals surface area contributed by atoms with Gasteiger partial charge in [-0.2, -0.15) is 0 Å². The topological polar surface area (TPSA) is 0 Å². The Labute approximate surface area is 94.2 Å². The van der Waals surface area contributed by atoms with Gasteiger partial charge in [-0.15, -0.1) is 11.3 Å². The predicted molar refractivity (Wildman–Crippen MR) is 60.8 cm³/mol. The van der Waals surface area contributed by atoms with Gasteiger partial charge in [-0.3, -0.25) is 25.8 Å². The lowest BCUT2D eigenvalue weighted by molar-refractivity contribution is 0.940. The Morgan fingerprint density at radius 2 is 2.27 bits per heavy atom. The minimum Gasteiger partial charge on any atom is -0.280 e. The Hall–Kier alpha value is 1.43. The van der Waals surface area contributed by atoms with Gasteiger partial charge >= 0.3 is 16.0 Å². The molecule has 0 saturated heterocycles. The van der Waals surface area contributed by atoms with E-state index in [1.807, 2.05) is 6.07 Å². The lowest BCUT2D eigenvalue weighted by atomic mass is 10.3. The van der Waals surface area contributed by atoms with Crippen molar-refractivity contribution in [2.45, 2.75) is 19.8 Å². The summed E-state index contributed by atoms with van der Waals surface area (Å²) in [6.07, 6.45) is 2.46. The molecule has 1 aromatic rings. The van der Waals surface area contributed by atoms with E-state index in [0.717, 1.165) is 0 Å². The SMILES string of the molecule is CCCc1cc[c]s1.[Br][Mg][Br]. The summed E-state index contributed by atoms with van der Waals surface area (Å²) >= 11 is 8.17. The Kier molecular flexibility index (Phi) is 10.7. The molecule has 1 heterocycles. The molecule has 0 amide bonds. The summed E-state index contributed by atoms with van der Waals surface area (Å²) < 4.78 is 0. The average Bonchev–Trinajstić information content (AvgIpc) is 2.42. The molecule has 0 nitrogen and oxygen atoms in total. The van der Waals surface area contributed by atoms with E-state index in [4.69, 9.17) is 0 Å². The normalized spacial score (nSPS) is 7.91. The number of aryl methyl sites for hydroxylation is 1. The monoisotopic (exact) mass is 307 g/mol. The van der Waals surface area contributed by atoms with Crippen LogP contribution < -0.4 is 0 Å². The second-order valence-corrected chi connectivity index (χ2v) is 10.9. The summed E-state index contributed by atoms with van der Waals surface area (Å²) in [7, 11) is 0. The van der Waals surface area contributed by atoms with Crippen molar-refractivity contribution in [1.29, 1.82) is 0 Å². The zero-order valence-corrected chi connectivity index (χ0v) is 11.8. The Morgan fingerprint density at radius 1 is 1.64 bits per heavy atom. The number of rotatable bonds is 2. The van der Waals surface area contributed by atoms with Gasteiger partial charge in [-0.1, -0.05) is 13.3 Å². The lowest BCUT2D eigenvalue weighted by Crippen LogP contribution is -1.71. The van der Waals surface area contributed by atoms with Crippen LogP contribution in [0.1, 0.15) is 18.2 Å². The molecule has 59 valence electrons. The van der Waals surface area contributed by atoms with Crippen LogP contribution in [0.15, 0.2) is 12.1 Å². The second kappa shape index (κ2) is 9.51. The minimum absolute atomic E-state index is 0.0417. The molecule has 0 spiro atoms. The van der Waals surface area contributed by atoms with Crippen molar-refractivity contribution in [1.82, 2.24) is 0 Å². The highest BCUT2D eigenvalue weighted by Crippen LogP contribution is 2.08. The maximum Gasteiger partial charge on any atom is 0.560 e. The minimum atomic E-state index is 0.0417. The van der Waals surface area contributed by atoms with E-state index in [0.29, 0.717) is 0 Å². The second-order valence-electron chi connectivity index (χ2n) is 1.87. The fourth-order valence-electron chi connectivity index (χ4n) is 0.651. The summed E-state index contributed by atoms with van der Waals surface area (Å²) in [5.74, 6) is 0. The quantitative estimate of drug-likeness (QED) is 0.729. The molecule has 1 radical (unpaired) electrons. The third-order valence-electron chi connectivity index (χ3n) is 1.02. The predicted octanol–water partition coefficient (Wildman–Crippen LogP) is 3.81. The molecule has 0 fully saturated rings. The maximum atomic E-state index is 3.20. The van der Waals surface area contributed by atoms with Crippen LogP contribution in [0.25, 0.3) is 0 Å². The highest BCUT2D eigenvalue weighted by Gasteiger charge is 1.87. The van der Waals surface area contributed by atoms with Gasteiger partial charge in [0, 0.05) is 10.3 Å². The van der Waals surface area contributed by atoms with Gasteiger partial charge < -0.3 is 0 Å². The van der Waals surface area contributed by atoms with Gasteiger partial charge in [0.05, 0.1) is 0 Å². The molecule has 0 aliphatic heterocycles. The zero-order chi connectivity index (χ0) is 8.53. The summed E-state index contributed by atoms with van der Waals surface area (Å²) in [5.41, 5.74) is 0. The first-order valence-corrected chi connectivity index (χ1v) is 12.0. The first-order valence-electron chi connectivity index (χ1n) is 3.41. The van der Waals surface area contributed by atoms with Crippen LogP contribution in [-0.2, 0) is 6.42 Å². The number of hydrogen-bond donors (Lipinski definition) is 0. The van der Waals surface area contributed by atoms with E-state index in [9.17, 15) is 0 Å². The molecule has 0 unspecified atom stereocenters. The smallest absolute Gasteiger partial charge is 0.280 e. The lowest BCUT2D eigenvalue weighted by Gasteiger charge is -1.85. The van der Waals surface area contributed by atoms with Gasteiger partial charge in [0.2, 0.25) is 0 Å². The highest BCUT2D eigenvalue weighted by molar-refractivity contribution is 9.47. The van der Waals surface area contributed by atoms with E-state index in [1.54, 1.807) is 11.3 Å². The third kappa shape index (κ3) is 7.78. The molecule has 4 heteroatoms. The van der Waals surface area contributed by atoms with E-state index >= 15 is 0 Å². The van der Waals surface area contributed by atoms with Crippen LogP contribution in [0, 0.1) is 5.38 Å². The molecule has 0 aliphatic carbocycles. The van der Waals surface area contributed by atoms with Crippen LogP contribution in [0.2, 0.25) is 0 Å². The molecule has 0 atom stereocenters. The zero-order valence-electron chi connectivity index (χ0n) is 6.44. The Balaban J connectivity index is 0.000000292. The molecule has 11 heavy (non-hydrogen) atoms. The molecule has 0 bridgehead atoms. The summed E-state index contributed by atoms with van der Waals surface area (Å²) in [6, 6.07) is 4.11. The first-order chi connectivity index (χ1) is 5.35. The fourth-order valence-corrected chi connectivity index (χ4v) is 1.38. The van der Waals surface area contributed by atoms with Crippen molar-refractivity contribution in [3.63, 3.8) is 0 Å². The summed E-state index contributed by atoms with van der Waals surface area (Å²) in [4.78, 5) is 1.45. The Bertz CT molecular complexity index is 153. The van der Waals surface area contributed by atoms with Crippen molar-refractivity contribution in [2.24, 2.45) is 0 Å². The van der Waals surface area contributed by atoms with Gasteiger partial charge in [0.15, 0.2) is 0 Å². The molecule has 0 aromatic carbocycles. The molecule has 0 aliphatic rings. The molecular formula is C7H9Br2MgS. The van der Waals surface area contributed by atoms with Gasteiger partial charge in [-0.25, -0.2) is 0 Å². The van der Waals surface area contributed by atoms with Crippen LogP contribution >= 0.6 is 37.1 Å². The largest absolute Gasteiger partial charge is 0.560 e. The average molecular weight is 309 g/mol. The van der Waals surface area contributed by atoms with Gasteiger partial charge in [-0.05, 0) is 18.6 Å². The van der Waals surface area contributed by atoms with E-state index in [1.165, 1.54) is 17.7 Å². The first kappa shape index (κ1) is 12.4. The molecular weight excluding hydrogens is 300 g/mol. The number of thiophene rings is 1. The Morgan fingerprint density at radius 3 is 2.64 bits per heavy atom. The van der Waals surface area contributed by atoms with Crippen molar-refractivity contribution in [3.8, 4) is 0 Å². The fraction of sp³-hybridized carbons (Fsp3) is 0.429. The molecule has 1 rings (SSSR count). The van der Waals surface area contributed by atoms with Crippen LogP contribution in [-0.4, -0.2) is 16.0 Å². The van der Waals surface area contributed by atoms with Crippen molar-refractivity contribution in [2.75, 3.05) is 0 Å². The van der Waals surface area contributed by atoms with Crippen LogP contribution in [0.4, 0.5) is 0 Å². The van der Waals surface area contributed by atoms with Crippen LogP contribution in [0.3, 0.4) is 0 Å². The third-order valence-corrected chi connectivity index (χ3v) is 1.88. The number of hydrogen-bond acceptors (Lipinski definition) is 1. The van der Waals surface area contributed by atoms with Gasteiger partial charge in [0.25, 0.3) is 0 Å².